The van der Waals surface area contributed by atoms with Gasteiger partial charge in [-0.15, -0.1) is 0 Å². The summed E-state index contributed by atoms with van der Waals surface area (Å²) in [6.07, 6.45) is 2.49. The first-order chi connectivity index (χ1) is 5.54. The molecule has 0 spiro atoms. The van der Waals surface area contributed by atoms with E-state index in [9.17, 15) is 9.59 Å². The molecule has 0 saturated carbocycles. The first kappa shape index (κ1) is 24.0. The van der Waals surface area contributed by atoms with Crippen LogP contribution in [0.1, 0.15) is 0 Å². The number of carboxylic acid groups (broad SMARTS) is 2. The summed E-state index contributed by atoms with van der Waals surface area (Å²) in [6, 6.07) is 0. The van der Waals surface area contributed by atoms with Gasteiger partial charge in [0.15, 0.2) is 0 Å². The maximum absolute atomic E-state index is 9.55. The molecule has 0 fully saturated rings. The van der Waals surface area contributed by atoms with Crippen LogP contribution in [0.25, 0.3) is 0 Å². The van der Waals surface area contributed by atoms with Crippen molar-refractivity contribution in [3.63, 3.8) is 0 Å². The molecule has 0 aliphatic heterocycles. The summed E-state index contributed by atoms with van der Waals surface area (Å²) in [5.74, 6) is -2.51. The summed E-state index contributed by atoms with van der Waals surface area (Å²) in [6.45, 7) is 3.26. The molecule has 0 amide bonds. The monoisotopic (exact) mass is 237 g/mol. The van der Waals surface area contributed by atoms with Crippen LogP contribution in [0.2, 0.25) is 0 Å². The number of hydrogen-bond donors (Lipinski definition) is 2. The Morgan fingerprint density at radius 2 is 1.43 bits per heavy atom. The summed E-state index contributed by atoms with van der Waals surface area (Å²) in [7, 11) is 1.56. The van der Waals surface area contributed by atoms with Gasteiger partial charge in [0.1, 0.15) is 0 Å². The molecular formula is C7H10CaNaO5. The average molecular weight is 237 g/mol. The summed E-state index contributed by atoms with van der Waals surface area (Å²) >= 11 is 0. The quantitative estimate of drug-likeness (QED) is 0.401. The third kappa shape index (κ3) is 39.2. The largest absolute Gasteiger partial charge is 0.505 e. The number of carbonyl (C=O) groups is 2. The van der Waals surface area contributed by atoms with Crippen molar-refractivity contribution < 1.29 is 24.5 Å². The third-order valence-corrected chi connectivity index (χ3v) is 0.535. The maximum Gasteiger partial charge on any atom is 0.328 e. The van der Waals surface area contributed by atoms with Crippen LogP contribution in [0.4, 0.5) is 0 Å². The van der Waals surface area contributed by atoms with Gasteiger partial charge < -0.3 is 14.9 Å². The van der Waals surface area contributed by atoms with E-state index >= 15 is 0 Å². The van der Waals surface area contributed by atoms with E-state index in [1.165, 1.54) is 6.26 Å². The molecule has 0 unspecified atom stereocenters. The Hall–Kier alpha value is 0.480. The second-order valence-corrected chi connectivity index (χ2v) is 1.41. The standard InChI is InChI=1S/C4H4O4.C3H6O.Ca.Na/c5-3(6)1-2-4(7)8;1-3-4-2;;/h1-2H,(H,5,6)(H,7,8);3H,1H2,2H3;;/b2-1+;;;. The van der Waals surface area contributed by atoms with Crippen molar-refractivity contribution in [3.8, 4) is 0 Å². The van der Waals surface area contributed by atoms with E-state index < -0.39 is 11.9 Å². The number of aliphatic carboxylic acids is 2. The molecule has 7 heteroatoms. The first-order valence-corrected chi connectivity index (χ1v) is 2.82. The van der Waals surface area contributed by atoms with E-state index in [0.717, 1.165) is 0 Å². The topological polar surface area (TPSA) is 83.8 Å². The number of ether oxygens (including phenoxy) is 1. The van der Waals surface area contributed by atoms with E-state index in [2.05, 4.69) is 11.3 Å². The van der Waals surface area contributed by atoms with Gasteiger partial charge in [-0.3, -0.25) is 0 Å². The van der Waals surface area contributed by atoms with Crippen molar-refractivity contribution in [3.05, 3.63) is 25.0 Å². The number of carboxylic acids is 2. The van der Waals surface area contributed by atoms with Crippen molar-refractivity contribution in [2.75, 3.05) is 7.11 Å². The molecule has 71 valence electrons. The van der Waals surface area contributed by atoms with Crippen molar-refractivity contribution in [2.45, 2.75) is 0 Å². The zero-order valence-electron chi connectivity index (χ0n) is 8.27. The Labute approximate surface area is 134 Å². The summed E-state index contributed by atoms with van der Waals surface area (Å²) in [5.41, 5.74) is 0. The van der Waals surface area contributed by atoms with Crippen LogP contribution in [0, 0.1) is 0 Å². The molecule has 0 aromatic rings. The van der Waals surface area contributed by atoms with Gasteiger partial charge in [-0.1, -0.05) is 6.58 Å². The fourth-order valence-electron chi connectivity index (χ4n) is 0.143. The van der Waals surface area contributed by atoms with Gasteiger partial charge in [0, 0.05) is 79.4 Å². The van der Waals surface area contributed by atoms with Crippen molar-refractivity contribution in [2.24, 2.45) is 0 Å². The fourth-order valence-corrected chi connectivity index (χ4v) is 0.143. The average Bonchev–Trinajstić information content (AvgIpc) is 2.01. The van der Waals surface area contributed by atoms with E-state index in [0.29, 0.717) is 12.2 Å². The molecular weight excluding hydrogens is 227 g/mol. The number of methoxy groups -OCH3 is 1. The van der Waals surface area contributed by atoms with E-state index in [-0.39, 0.29) is 67.3 Å². The second kappa shape index (κ2) is 19.1. The van der Waals surface area contributed by atoms with Crippen LogP contribution in [-0.4, -0.2) is 96.6 Å². The molecule has 5 nitrogen and oxygen atoms in total. The molecule has 0 bridgehead atoms. The van der Waals surface area contributed by atoms with Gasteiger partial charge in [-0.05, 0) is 0 Å². The minimum absolute atomic E-state index is 0. The molecule has 0 aliphatic rings. The van der Waals surface area contributed by atoms with Gasteiger partial charge in [0.25, 0.3) is 0 Å². The maximum atomic E-state index is 9.55. The molecule has 0 heterocycles. The smallest absolute Gasteiger partial charge is 0.328 e. The fraction of sp³-hybridized carbons (Fsp3) is 0.143. The SMILES string of the molecule is C=COC.O=C(O)/C=C/C(=O)O.[Ca].[Na]. The van der Waals surface area contributed by atoms with Gasteiger partial charge in [-0.25, -0.2) is 9.59 Å². The molecule has 0 aromatic carbocycles. The first-order valence-electron chi connectivity index (χ1n) is 2.82. The molecule has 0 atom stereocenters. The van der Waals surface area contributed by atoms with Gasteiger partial charge in [0.2, 0.25) is 0 Å². The van der Waals surface area contributed by atoms with Crippen LogP contribution in [0.5, 0.6) is 0 Å². The molecule has 0 aliphatic carbocycles. The summed E-state index contributed by atoms with van der Waals surface area (Å²) in [5, 5.41) is 15.6. The summed E-state index contributed by atoms with van der Waals surface area (Å²) < 4.78 is 4.31. The van der Waals surface area contributed by atoms with Crippen molar-refractivity contribution in [1.29, 1.82) is 0 Å². The van der Waals surface area contributed by atoms with Crippen molar-refractivity contribution >= 4 is 79.2 Å². The predicted octanol–water partition coefficient (Wildman–Crippen LogP) is -0.273. The van der Waals surface area contributed by atoms with Gasteiger partial charge in [-0.2, -0.15) is 0 Å². The zero-order chi connectivity index (χ0) is 9.98. The Bertz CT molecular complexity index is 177. The Kier molecular flexibility index (Phi) is 32.7. The van der Waals surface area contributed by atoms with Crippen molar-refractivity contribution in [1.82, 2.24) is 0 Å². The zero-order valence-corrected chi connectivity index (χ0v) is 12.5. The Balaban J connectivity index is -0.0000000733. The molecule has 0 saturated heterocycles. The second-order valence-electron chi connectivity index (χ2n) is 1.41. The molecule has 2 N–H and O–H groups in total. The third-order valence-electron chi connectivity index (χ3n) is 0.535. The number of hydrogen-bond acceptors (Lipinski definition) is 3. The Morgan fingerprint density at radius 3 is 1.50 bits per heavy atom. The van der Waals surface area contributed by atoms with Gasteiger partial charge >= 0.3 is 11.9 Å². The van der Waals surface area contributed by atoms with Crippen LogP contribution >= 0.6 is 0 Å². The van der Waals surface area contributed by atoms with Crippen LogP contribution in [0.3, 0.4) is 0 Å². The normalized spacial score (nSPS) is 6.93. The van der Waals surface area contributed by atoms with Crippen LogP contribution < -0.4 is 0 Å². The summed E-state index contributed by atoms with van der Waals surface area (Å²) in [4.78, 5) is 19.1. The van der Waals surface area contributed by atoms with E-state index in [1.807, 2.05) is 0 Å². The van der Waals surface area contributed by atoms with Crippen LogP contribution in [0.15, 0.2) is 25.0 Å². The minimum Gasteiger partial charge on any atom is -0.505 e. The van der Waals surface area contributed by atoms with E-state index in [1.54, 1.807) is 7.11 Å². The minimum atomic E-state index is -1.26. The Morgan fingerprint density at radius 1 is 1.21 bits per heavy atom. The van der Waals surface area contributed by atoms with E-state index in [4.69, 9.17) is 10.2 Å². The molecule has 3 radical (unpaired) electrons. The molecule has 14 heavy (non-hydrogen) atoms. The van der Waals surface area contributed by atoms with Gasteiger partial charge in [0.05, 0.1) is 13.4 Å². The molecule has 0 rings (SSSR count). The van der Waals surface area contributed by atoms with Crippen LogP contribution in [-0.2, 0) is 14.3 Å². The predicted molar refractivity (Wildman–Crippen MR) is 53.1 cm³/mol. The molecule has 0 aromatic heterocycles. The number of rotatable bonds is 3.